The zero-order chi connectivity index (χ0) is 7.84. The predicted octanol–water partition coefficient (Wildman–Crippen LogP) is 1.63. The Balaban J connectivity index is 0.000000720. The summed E-state index contributed by atoms with van der Waals surface area (Å²) in [5, 5.41) is 0. The first-order chi connectivity index (χ1) is 5.29. The average Bonchev–Trinajstić information content (AvgIpc) is 2.30. The van der Waals surface area contributed by atoms with Crippen LogP contribution in [-0.2, 0) is 11.2 Å². The largest absolute Gasteiger partial charge is 0.315 e. The minimum Gasteiger partial charge on any atom is -0.315 e. The lowest BCUT2D eigenvalue weighted by molar-refractivity contribution is -0.117. The van der Waals surface area contributed by atoms with Crippen LogP contribution in [0, 0.1) is 0 Å². The predicted molar refractivity (Wildman–Crippen MR) is 50.8 cm³/mol. The van der Waals surface area contributed by atoms with Crippen LogP contribution >= 0.6 is 12.4 Å². The van der Waals surface area contributed by atoms with Gasteiger partial charge in [0.05, 0.1) is 6.42 Å². The van der Waals surface area contributed by atoms with Crippen molar-refractivity contribution in [1.82, 2.24) is 0 Å². The molecule has 0 N–H and O–H groups in total. The molecule has 0 fully saturated rings. The molecule has 2 nitrogen and oxygen atoms in total. The zero-order valence-electron chi connectivity index (χ0n) is 6.78. The Bertz CT molecular complexity index is 311. The lowest BCUT2D eigenvalue weighted by atomic mass is 10.2. The second kappa shape index (κ2) is 3.15. The third kappa shape index (κ3) is 1.18. The van der Waals surface area contributed by atoms with Crippen LogP contribution in [0.25, 0.3) is 0 Å². The molecule has 1 heterocycles. The number of likely N-dealkylation sites (N-methyl/N-ethyl adjacent to an activating group) is 1. The first-order valence-electron chi connectivity index (χ1n) is 3.63. The molecule has 1 aromatic rings. The summed E-state index contributed by atoms with van der Waals surface area (Å²) in [5.74, 6) is 0.186. The Kier molecular flexibility index (Phi) is 2.38. The van der Waals surface area contributed by atoms with Crippen molar-refractivity contribution in [1.29, 1.82) is 0 Å². The molecule has 0 radical (unpaired) electrons. The Labute approximate surface area is 77.6 Å². The third-order valence-corrected chi connectivity index (χ3v) is 2.07. The van der Waals surface area contributed by atoms with Gasteiger partial charge in [0, 0.05) is 12.7 Å². The van der Waals surface area contributed by atoms with E-state index in [1.807, 2.05) is 31.3 Å². The van der Waals surface area contributed by atoms with E-state index in [9.17, 15) is 4.79 Å². The molecule has 3 heteroatoms. The van der Waals surface area contributed by atoms with Gasteiger partial charge in [-0.05, 0) is 11.6 Å². The number of halogens is 1. The number of amides is 1. The normalized spacial score (nSPS) is 14.1. The molecule has 0 unspecified atom stereocenters. The van der Waals surface area contributed by atoms with Crippen molar-refractivity contribution in [2.24, 2.45) is 0 Å². The molecule has 1 aliphatic heterocycles. The number of carbonyl (C=O) groups is 1. The summed E-state index contributed by atoms with van der Waals surface area (Å²) in [5.41, 5.74) is 2.19. The van der Waals surface area contributed by atoms with E-state index in [1.165, 1.54) is 0 Å². The number of carbonyl (C=O) groups excluding carboxylic acids is 1. The van der Waals surface area contributed by atoms with E-state index in [2.05, 4.69) is 0 Å². The van der Waals surface area contributed by atoms with Crippen LogP contribution in [-0.4, -0.2) is 13.0 Å². The van der Waals surface area contributed by atoms with Crippen molar-refractivity contribution >= 4 is 24.0 Å². The average molecular weight is 184 g/mol. The maximum Gasteiger partial charge on any atom is 0.231 e. The highest BCUT2D eigenvalue weighted by molar-refractivity contribution is 6.00. The topological polar surface area (TPSA) is 20.3 Å². The maximum atomic E-state index is 11.2. The van der Waals surface area contributed by atoms with Gasteiger partial charge in [-0.2, -0.15) is 0 Å². The van der Waals surface area contributed by atoms with Crippen LogP contribution in [0.3, 0.4) is 0 Å². The maximum absolute atomic E-state index is 11.2. The van der Waals surface area contributed by atoms with E-state index in [-0.39, 0.29) is 18.3 Å². The van der Waals surface area contributed by atoms with Crippen molar-refractivity contribution in [2.45, 2.75) is 6.42 Å². The number of hydrogen-bond acceptors (Lipinski definition) is 1. The van der Waals surface area contributed by atoms with E-state index in [4.69, 9.17) is 0 Å². The molecule has 0 saturated carbocycles. The molecule has 1 amide bonds. The number of nitrogens with zero attached hydrogens (tertiary/aromatic N) is 1. The lowest BCUT2D eigenvalue weighted by Crippen LogP contribution is -2.20. The number of hydrogen-bond donors (Lipinski definition) is 0. The van der Waals surface area contributed by atoms with Gasteiger partial charge in [0.25, 0.3) is 0 Å². The molecule has 64 valence electrons. The molecule has 0 atom stereocenters. The van der Waals surface area contributed by atoms with Crippen LogP contribution in [0.1, 0.15) is 5.56 Å². The summed E-state index contributed by atoms with van der Waals surface area (Å²) in [7, 11) is 1.81. The van der Waals surface area contributed by atoms with Gasteiger partial charge >= 0.3 is 0 Å². The molecule has 0 bridgehead atoms. The fourth-order valence-electron chi connectivity index (χ4n) is 1.40. The fraction of sp³-hybridized carbons (Fsp3) is 0.222. The van der Waals surface area contributed by atoms with Crippen LogP contribution in [0.2, 0.25) is 0 Å². The van der Waals surface area contributed by atoms with E-state index < -0.39 is 0 Å². The van der Waals surface area contributed by atoms with Crippen molar-refractivity contribution in [3.8, 4) is 0 Å². The van der Waals surface area contributed by atoms with Gasteiger partial charge in [-0.25, -0.2) is 0 Å². The summed E-state index contributed by atoms with van der Waals surface area (Å²) < 4.78 is 0. The Morgan fingerprint density at radius 1 is 1.33 bits per heavy atom. The van der Waals surface area contributed by atoms with Gasteiger partial charge in [0.15, 0.2) is 0 Å². The molecule has 1 aromatic carbocycles. The van der Waals surface area contributed by atoms with E-state index >= 15 is 0 Å². The summed E-state index contributed by atoms with van der Waals surface area (Å²) in [6.07, 6.45) is 0.562. The molecular formula is C9H10ClNO. The molecule has 0 aliphatic carbocycles. The minimum absolute atomic E-state index is 0. The molecule has 0 saturated heterocycles. The summed E-state index contributed by atoms with van der Waals surface area (Å²) in [6, 6.07) is 7.89. The molecule has 12 heavy (non-hydrogen) atoms. The van der Waals surface area contributed by atoms with Gasteiger partial charge in [0.2, 0.25) is 5.91 Å². The highest BCUT2D eigenvalue weighted by Crippen LogP contribution is 2.26. The molecule has 0 spiro atoms. The first kappa shape index (κ1) is 9.07. The van der Waals surface area contributed by atoms with Crippen molar-refractivity contribution in [2.75, 3.05) is 11.9 Å². The molecule has 1 aliphatic rings. The van der Waals surface area contributed by atoms with Crippen molar-refractivity contribution in [3.63, 3.8) is 0 Å². The second-order valence-electron chi connectivity index (χ2n) is 2.76. The van der Waals surface area contributed by atoms with Gasteiger partial charge in [-0.3, -0.25) is 4.79 Å². The number of benzene rings is 1. The quantitative estimate of drug-likeness (QED) is 0.599. The van der Waals surface area contributed by atoms with Crippen LogP contribution < -0.4 is 4.90 Å². The standard InChI is InChI=1S/C9H9NO.ClH/c1-10-8-5-3-2-4-7(8)6-9(10)11;/h2-5H,6H2,1H3;1H. The highest BCUT2D eigenvalue weighted by atomic mass is 35.5. The highest BCUT2D eigenvalue weighted by Gasteiger charge is 2.22. The second-order valence-corrected chi connectivity index (χ2v) is 2.76. The fourth-order valence-corrected chi connectivity index (χ4v) is 1.40. The van der Waals surface area contributed by atoms with Crippen LogP contribution in [0.15, 0.2) is 24.3 Å². The first-order valence-corrected chi connectivity index (χ1v) is 3.63. The Morgan fingerprint density at radius 2 is 2.00 bits per heavy atom. The SMILES string of the molecule is CN1C(=O)Cc2ccccc21.Cl. The third-order valence-electron chi connectivity index (χ3n) is 2.07. The molecule has 0 aromatic heterocycles. The number of para-hydroxylation sites is 1. The zero-order valence-corrected chi connectivity index (χ0v) is 7.60. The van der Waals surface area contributed by atoms with Gasteiger partial charge < -0.3 is 4.90 Å². The Morgan fingerprint density at radius 3 is 2.67 bits per heavy atom. The summed E-state index contributed by atoms with van der Waals surface area (Å²) in [4.78, 5) is 12.9. The molecule has 2 rings (SSSR count). The Hall–Kier alpha value is -1.02. The van der Waals surface area contributed by atoms with E-state index in [0.717, 1.165) is 11.3 Å². The van der Waals surface area contributed by atoms with Gasteiger partial charge in [-0.1, -0.05) is 18.2 Å². The van der Waals surface area contributed by atoms with Crippen LogP contribution in [0.4, 0.5) is 5.69 Å². The van der Waals surface area contributed by atoms with Crippen molar-refractivity contribution < 1.29 is 4.79 Å². The smallest absolute Gasteiger partial charge is 0.231 e. The number of fused-ring (bicyclic) bond motifs is 1. The summed E-state index contributed by atoms with van der Waals surface area (Å²) in [6.45, 7) is 0. The van der Waals surface area contributed by atoms with Crippen LogP contribution in [0.5, 0.6) is 0 Å². The molecular weight excluding hydrogens is 174 g/mol. The number of rotatable bonds is 0. The van der Waals surface area contributed by atoms with E-state index in [0.29, 0.717) is 6.42 Å². The minimum atomic E-state index is 0. The van der Waals surface area contributed by atoms with E-state index in [1.54, 1.807) is 4.90 Å². The monoisotopic (exact) mass is 183 g/mol. The van der Waals surface area contributed by atoms with Crippen molar-refractivity contribution in [3.05, 3.63) is 29.8 Å². The van der Waals surface area contributed by atoms with Gasteiger partial charge in [0.1, 0.15) is 0 Å². The lowest BCUT2D eigenvalue weighted by Gasteiger charge is -2.08. The number of anilines is 1. The van der Waals surface area contributed by atoms with Gasteiger partial charge in [-0.15, -0.1) is 12.4 Å². The summed E-state index contributed by atoms with van der Waals surface area (Å²) >= 11 is 0.